The van der Waals surface area contributed by atoms with Crippen molar-refractivity contribution in [1.29, 1.82) is 0 Å². The quantitative estimate of drug-likeness (QED) is 0.850. The van der Waals surface area contributed by atoms with E-state index in [9.17, 15) is 9.59 Å². The Morgan fingerprint density at radius 2 is 1.57 bits per heavy atom. The molecule has 0 aliphatic heterocycles. The molecule has 6 heteroatoms. The summed E-state index contributed by atoms with van der Waals surface area (Å²) in [5.41, 5.74) is 3.33. The van der Waals surface area contributed by atoms with Gasteiger partial charge in [-0.25, -0.2) is 9.80 Å². The van der Waals surface area contributed by atoms with Gasteiger partial charge in [-0.05, 0) is 45.0 Å². The average Bonchev–Trinajstić information content (AvgIpc) is 2.36. The van der Waals surface area contributed by atoms with Crippen LogP contribution in [0.2, 0.25) is 0 Å². The van der Waals surface area contributed by atoms with Crippen molar-refractivity contribution in [1.82, 2.24) is 10.4 Å². The minimum Gasteiger partial charge on any atom is -0.442 e. The van der Waals surface area contributed by atoms with Crippen LogP contribution in [0.5, 0.6) is 0 Å². The normalized spacial score (nSPS) is 10.8. The molecule has 0 bridgehead atoms. The third-order valence-electron chi connectivity index (χ3n) is 2.58. The predicted octanol–water partition coefficient (Wildman–Crippen LogP) is 2.26. The number of nitrogens with zero attached hydrogens (tertiary/aromatic N) is 2. The zero-order valence-electron chi connectivity index (χ0n) is 13.4. The zero-order chi connectivity index (χ0) is 16.2. The van der Waals surface area contributed by atoms with Crippen LogP contribution in [0, 0.1) is 0 Å². The highest BCUT2D eigenvalue weighted by atomic mass is 16.6. The molecule has 1 rings (SSSR count). The van der Waals surface area contributed by atoms with E-state index in [1.54, 1.807) is 32.9 Å². The highest BCUT2D eigenvalue weighted by Crippen LogP contribution is 2.12. The molecule has 0 fully saturated rings. The molecule has 6 nitrogen and oxygen atoms in total. The Hall–Kier alpha value is -2.24. The number of amides is 2. The maximum Gasteiger partial charge on any atom is 0.428 e. The van der Waals surface area contributed by atoms with Crippen LogP contribution < -0.4 is 10.3 Å². The van der Waals surface area contributed by atoms with Crippen molar-refractivity contribution in [3.63, 3.8) is 0 Å². The van der Waals surface area contributed by atoms with Crippen LogP contribution in [0.25, 0.3) is 0 Å². The van der Waals surface area contributed by atoms with Crippen molar-refractivity contribution in [2.45, 2.75) is 26.4 Å². The summed E-state index contributed by atoms with van der Waals surface area (Å²) in [6.07, 6.45) is -0.610. The van der Waals surface area contributed by atoms with Crippen molar-refractivity contribution < 1.29 is 14.3 Å². The molecule has 0 heterocycles. The third kappa shape index (κ3) is 5.33. The number of hydrogen-bond donors (Lipinski definition) is 1. The molecule has 0 aliphatic carbocycles. The lowest BCUT2D eigenvalue weighted by molar-refractivity contribution is 0.0195. The van der Waals surface area contributed by atoms with Crippen molar-refractivity contribution in [2.24, 2.45) is 0 Å². The molecule has 1 N–H and O–H groups in total. The SMILES string of the molecule is CN(NC(=O)c1ccc(N(C)C)cc1)C(=O)OC(C)(C)C. The molecule has 0 unspecified atom stereocenters. The summed E-state index contributed by atoms with van der Waals surface area (Å²) in [6, 6.07) is 7.08. The van der Waals surface area contributed by atoms with E-state index in [1.165, 1.54) is 7.05 Å². The molecule has 0 saturated heterocycles. The number of rotatable bonds is 2. The summed E-state index contributed by atoms with van der Waals surface area (Å²) in [6.45, 7) is 5.29. The number of benzene rings is 1. The molecule has 0 atom stereocenters. The van der Waals surface area contributed by atoms with Gasteiger partial charge in [-0.1, -0.05) is 0 Å². The number of ether oxygens (including phenoxy) is 1. The van der Waals surface area contributed by atoms with Crippen LogP contribution in [0.15, 0.2) is 24.3 Å². The van der Waals surface area contributed by atoms with Crippen LogP contribution in [0.3, 0.4) is 0 Å². The van der Waals surface area contributed by atoms with Crippen molar-refractivity contribution in [2.75, 3.05) is 26.0 Å². The van der Waals surface area contributed by atoms with E-state index >= 15 is 0 Å². The van der Waals surface area contributed by atoms with Crippen molar-refractivity contribution in [3.8, 4) is 0 Å². The fraction of sp³-hybridized carbons (Fsp3) is 0.467. The Labute approximate surface area is 125 Å². The Morgan fingerprint density at radius 1 is 1.05 bits per heavy atom. The van der Waals surface area contributed by atoms with Gasteiger partial charge in [0.05, 0.1) is 0 Å². The Kier molecular flexibility index (Phi) is 5.18. The molecule has 0 aromatic heterocycles. The van der Waals surface area contributed by atoms with Gasteiger partial charge in [-0.2, -0.15) is 0 Å². The number of nitrogens with one attached hydrogen (secondary N) is 1. The van der Waals surface area contributed by atoms with Crippen LogP contribution in [0.4, 0.5) is 10.5 Å². The van der Waals surface area contributed by atoms with E-state index in [0.29, 0.717) is 5.56 Å². The van der Waals surface area contributed by atoms with E-state index in [0.717, 1.165) is 10.7 Å². The molecule has 1 aromatic carbocycles. The van der Waals surface area contributed by atoms with Gasteiger partial charge in [0, 0.05) is 32.4 Å². The molecule has 2 amide bonds. The fourth-order valence-corrected chi connectivity index (χ4v) is 1.50. The van der Waals surface area contributed by atoms with E-state index in [-0.39, 0.29) is 5.91 Å². The van der Waals surface area contributed by atoms with Gasteiger partial charge in [0.2, 0.25) is 0 Å². The molecule has 116 valence electrons. The summed E-state index contributed by atoms with van der Waals surface area (Å²) in [7, 11) is 5.29. The number of carbonyl (C=O) groups excluding carboxylic acids is 2. The smallest absolute Gasteiger partial charge is 0.428 e. The first-order valence-corrected chi connectivity index (χ1v) is 6.65. The summed E-state index contributed by atoms with van der Waals surface area (Å²) >= 11 is 0. The van der Waals surface area contributed by atoms with Crippen LogP contribution in [0.1, 0.15) is 31.1 Å². The minimum absolute atomic E-state index is 0.367. The summed E-state index contributed by atoms with van der Waals surface area (Å²) < 4.78 is 5.15. The van der Waals surface area contributed by atoms with Gasteiger partial charge in [0.1, 0.15) is 5.60 Å². The van der Waals surface area contributed by atoms with E-state index in [4.69, 9.17) is 4.74 Å². The number of hydrogen-bond acceptors (Lipinski definition) is 4. The first-order chi connectivity index (χ1) is 9.60. The molecule has 0 aliphatic rings. The lowest BCUT2D eigenvalue weighted by Gasteiger charge is -2.24. The van der Waals surface area contributed by atoms with Crippen molar-refractivity contribution in [3.05, 3.63) is 29.8 Å². The molecule has 1 aromatic rings. The number of hydrazine groups is 1. The molecular formula is C15H23N3O3. The average molecular weight is 293 g/mol. The standard InChI is InChI=1S/C15H23N3O3/c1-15(2,3)21-14(20)18(6)16-13(19)11-7-9-12(10-8-11)17(4)5/h7-10H,1-6H3,(H,16,19). The highest BCUT2D eigenvalue weighted by molar-refractivity contribution is 5.95. The van der Waals surface area contributed by atoms with Gasteiger partial charge < -0.3 is 9.64 Å². The summed E-state index contributed by atoms with van der Waals surface area (Å²) in [5.74, 6) is -0.367. The zero-order valence-corrected chi connectivity index (χ0v) is 13.4. The maximum atomic E-state index is 12.0. The number of carbonyl (C=O) groups is 2. The van der Waals surface area contributed by atoms with E-state index < -0.39 is 11.7 Å². The van der Waals surface area contributed by atoms with Gasteiger partial charge >= 0.3 is 6.09 Å². The van der Waals surface area contributed by atoms with E-state index in [2.05, 4.69) is 5.43 Å². The molecule has 0 radical (unpaired) electrons. The topological polar surface area (TPSA) is 61.9 Å². The molecular weight excluding hydrogens is 270 g/mol. The molecule has 21 heavy (non-hydrogen) atoms. The molecule has 0 spiro atoms. The van der Waals surface area contributed by atoms with Crippen molar-refractivity contribution >= 4 is 17.7 Å². The van der Waals surface area contributed by atoms with Gasteiger partial charge in [-0.15, -0.1) is 0 Å². The van der Waals surface area contributed by atoms with Crippen LogP contribution in [-0.4, -0.2) is 43.8 Å². The summed E-state index contributed by atoms with van der Waals surface area (Å²) in [4.78, 5) is 25.7. The maximum absolute atomic E-state index is 12.0. The minimum atomic E-state index is -0.610. The van der Waals surface area contributed by atoms with Gasteiger partial charge in [0.15, 0.2) is 0 Å². The second-order valence-electron chi connectivity index (χ2n) is 5.92. The van der Waals surface area contributed by atoms with E-state index in [1.807, 2.05) is 31.1 Å². The van der Waals surface area contributed by atoms with Crippen LogP contribution in [-0.2, 0) is 4.74 Å². The fourth-order valence-electron chi connectivity index (χ4n) is 1.50. The Morgan fingerprint density at radius 3 is 2.00 bits per heavy atom. The molecule has 0 saturated carbocycles. The Balaban J connectivity index is 2.66. The second-order valence-corrected chi connectivity index (χ2v) is 5.92. The first-order valence-electron chi connectivity index (χ1n) is 6.65. The lowest BCUT2D eigenvalue weighted by atomic mass is 10.2. The van der Waals surface area contributed by atoms with Crippen LogP contribution >= 0.6 is 0 Å². The third-order valence-corrected chi connectivity index (χ3v) is 2.58. The Bertz CT molecular complexity index is 504. The number of anilines is 1. The first kappa shape index (κ1) is 16.8. The predicted molar refractivity (Wildman–Crippen MR) is 82.2 cm³/mol. The second kappa shape index (κ2) is 6.47. The summed E-state index contributed by atoms with van der Waals surface area (Å²) in [5, 5.41) is 1.04. The monoisotopic (exact) mass is 293 g/mol. The largest absolute Gasteiger partial charge is 0.442 e. The van der Waals surface area contributed by atoms with Gasteiger partial charge in [-0.3, -0.25) is 10.2 Å². The van der Waals surface area contributed by atoms with Gasteiger partial charge in [0.25, 0.3) is 5.91 Å². The highest BCUT2D eigenvalue weighted by Gasteiger charge is 2.21. The lowest BCUT2D eigenvalue weighted by Crippen LogP contribution is -2.45.